The van der Waals surface area contributed by atoms with E-state index in [1.807, 2.05) is 0 Å². The molecule has 6 rings (SSSR count). The molecule has 0 aliphatic heterocycles. The van der Waals surface area contributed by atoms with E-state index in [1.54, 1.807) is 61.8 Å². The lowest BCUT2D eigenvalue weighted by Crippen LogP contribution is -1.99. The number of benzene rings is 4. The van der Waals surface area contributed by atoms with Crippen LogP contribution in [-0.4, -0.2) is 49.5 Å². The van der Waals surface area contributed by atoms with Crippen LogP contribution in [0.15, 0.2) is 101 Å². The summed E-state index contributed by atoms with van der Waals surface area (Å²) in [5.41, 5.74) is 3.96. The summed E-state index contributed by atoms with van der Waals surface area (Å²) in [5, 5.41) is 27.3. The SMILES string of the molecule is CS(=O)(=O)c1ccc2nccc(Nc3ccc(F)cc3O)c2c1.Cc1ccc(Nc2ccnc3ccc(S(C)(=O)=O)cc23)c(Cl)c1O. The molecule has 0 radical (unpaired) electrons. The molecule has 6 aromatic rings. The van der Waals surface area contributed by atoms with Crippen LogP contribution < -0.4 is 10.6 Å². The average molecular weight is 695 g/mol. The Morgan fingerprint density at radius 3 is 1.64 bits per heavy atom. The number of hydrogen-bond acceptors (Lipinski definition) is 10. The number of aryl methyl sites for hydroxylation is 1. The van der Waals surface area contributed by atoms with Crippen molar-refractivity contribution in [3.8, 4) is 11.5 Å². The summed E-state index contributed by atoms with van der Waals surface area (Å²) in [6.45, 7) is 1.76. The van der Waals surface area contributed by atoms with E-state index < -0.39 is 25.5 Å². The third-order valence-corrected chi connectivity index (χ3v) is 9.70. The molecular formula is C33H28ClFN4O6S2. The van der Waals surface area contributed by atoms with E-state index in [2.05, 4.69) is 20.6 Å². The topological polar surface area (TPSA) is 159 Å². The molecule has 4 N–H and O–H groups in total. The molecule has 0 saturated heterocycles. The molecule has 2 aromatic heterocycles. The van der Waals surface area contributed by atoms with Gasteiger partial charge in [0.05, 0.1) is 32.2 Å². The Balaban J connectivity index is 0.000000185. The zero-order chi connectivity index (χ0) is 34.1. The van der Waals surface area contributed by atoms with Crippen molar-refractivity contribution in [3.05, 3.63) is 108 Å². The lowest BCUT2D eigenvalue weighted by molar-refractivity contribution is 0.471. The van der Waals surface area contributed by atoms with Gasteiger partial charge in [-0.3, -0.25) is 9.97 Å². The molecule has 47 heavy (non-hydrogen) atoms. The van der Waals surface area contributed by atoms with Crippen LogP contribution in [0.3, 0.4) is 0 Å². The van der Waals surface area contributed by atoms with Crippen LogP contribution in [0.5, 0.6) is 11.5 Å². The highest BCUT2D eigenvalue weighted by Gasteiger charge is 2.14. The van der Waals surface area contributed by atoms with Crippen molar-refractivity contribution >= 4 is 75.8 Å². The number of anilines is 4. The molecule has 14 heteroatoms. The molecule has 0 bridgehead atoms. The highest BCUT2D eigenvalue weighted by molar-refractivity contribution is 7.91. The zero-order valence-electron chi connectivity index (χ0n) is 25.2. The summed E-state index contributed by atoms with van der Waals surface area (Å²) in [6.07, 6.45) is 5.47. The van der Waals surface area contributed by atoms with E-state index in [4.69, 9.17) is 11.6 Å². The summed E-state index contributed by atoms with van der Waals surface area (Å²) in [5.74, 6) is -0.780. The number of rotatable bonds is 6. The number of sulfone groups is 2. The third-order valence-electron chi connectivity index (χ3n) is 7.10. The maximum atomic E-state index is 13.1. The summed E-state index contributed by atoms with van der Waals surface area (Å²) < 4.78 is 60.1. The van der Waals surface area contributed by atoms with Crippen LogP contribution in [0, 0.1) is 12.7 Å². The van der Waals surface area contributed by atoms with E-state index in [1.165, 1.54) is 30.3 Å². The van der Waals surface area contributed by atoms with Crippen molar-refractivity contribution in [1.29, 1.82) is 0 Å². The van der Waals surface area contributed by atoms with Crippen LogP contribution in [0.2, 0.25) is 5.02 Å². The third kappa shape index (κ3) is 7.54. The predicted octanol–water partition coefficient (Wildman–Crippen LogP) is 7.28. The fourth-order valence-corrected chi connectivity index (χ4v) is 6.14. The minimum Gasteiger partial charge on any atom is -0.506 e. The number of pyridine rings is 2. The molecule has 0 aliphatic carbocycles. The number of hydrogen-bond donors (Lipinski definition) is 4. The van der Waals surface area contributed by atoms with E-state index in [0.29, 0.717) is 50.1 Å². The van der Waals surface area contributed by atoms with Gasteiger partial charge in [0.2, 0.25) is 0 Å². The van der Waals surface area contributed by atoms with Crippen LogP contribution in [0.4, 0.5) is 27.1 Å². The van der Waals surface area contributed by atoms with E-state index in [-0.39, 0.29) is 26.3 Å². The van der Waals surface area contributed by atoms with Gasteiger partial charge in [0, 0.05) is 53.1 Å². The summed E-state index contributed by atoms with van der Waals surface area (Å²) in [4.78, 5) is 8.81. The van der Waals surface area contributed by atoms with Crippen molar-refractivity contribution in [2.45, 2.75) is 16.7 Å². The molecule has 0 unspecified atom stereocenters. The summed E-state index contributed by atoms with van der Waals surface area (Å²) in [6, 6.07) is 19.9. The fourth-order valence-electron chi connectivity index (χ4n) is 4.59. The van der Waals surface area contributed by atoms with E-state index in [0.717, 1.165) is 18.6 Å². The van der Waals surface area contributed by atoms with Crippen molar-refractivity contribution in [2.75, 3.05) is 23.1 Å². The molecule has 0 saturated carbocycles. The molecule has 0 spiro atoms. The maximum absolute atomic E-state index is 13.1. The van der Waals surface area contributed by atoms with Gasteiger partial charge in [0.25, 0.3) is 0 Å². The fraction of sp³-hybridized carbons (Fsp3) is 0.0909. The van der Waals surface area contributed by atoms with Crippen LogP contribution >= 0.6 is 11.6 Å². The molecule has 4 aromatic carbocycles. The first-order valence-corrected chi connectivity index (χ1v) is 18.0. The maximum Gasteiger partial charge on any atom is 0.175 e. The number of phenols is 2. The highest BCUT2D eigenvalue weighted by atomic mass is 35.5. The van der Waals surface area contributed by atoms with Crippen LogP contribution in [0.25, 0.3) is 21.8 Å². The highest BCUT2D eigenvalue weighted by Crippen LogP contribution is 2.37. The number of aromatic hydroxyl groups is 2. The Labute approximate surface area is 275 Å². The molecular weight excluding hydrogens is 667 g/mol. The second-order valence-corrected chi connectivity index (χ2v) is 15.0. The van der Waals surface area contributed by atoms with Gasteiger partial charge in [-0.25, -0.2) is 21.2 Å². The molecule has 10 nitrogen and oxygen atoms in total. The predicted molar refractivity (Wildman–Crippen MR) is 182 cm³/mol. The number of aromatic nitrogens is 2. The summed E-state index contributed by atoms with van der Waals surface area (Å²) >= 11 is 6.18. The lowest BCUT2D eigenvalue weighted by atomic mass is 10.1. The second-order valence-electron chi connectivity index (χ2n) is 10.6. The monoisotopic (exact) mass is 694 g/mol. The van der Waals surface area contributed by atoms with Gasteiger partial charge in [-0.15, -0.1) is 0 Å². The molecule has 242 valence electrons. The van der Waals surface area contributed by atoms with Gasteiger partial charge in [-0.1, -0.05) is 17.7 Å². The number of nitrogens with zero attached hydrogens (tertiary/aromatic N) is 2. The van der Waals surface area contributed by atoms with Crippen molar-refractivity contribution in [1.82, 2.24) is 9.97 Å². The van der Waals surface area contributed by atoms with Crippen LogP contribution in [-0.2, 0) is 19.7 Å². The first kappa shape index (κ1) is 33.4. The van der Waals surface area contributed by atoms with Crippen LogP contribution in [0.1, 0.15) is 5.56 Å². The number of fused-ring (bicyclic) bond motifs is 2. The molecule has 2 heterocycles. The molecule has 0 aliphatic rings. The van der Waals surface area contributed by atoms with E-state index in [9.17, 15) is 31.4 Å². The Morgan fingerprint density at radius 1 is 0.660 bits per heavy atom. The smallest absolute Gasteiger partial charge is 0.175 e. The minimum absolute atomic E-state index is 0.0110. The molecule has 0 amide bonds. The Hall–Kier alpha value is -4.98. The Bertz CT molecular complexity index is 2390. The Morgan fingerprint density at radius 2 is 1.15 bits per heavy atom. The van der Waals surface area contributed by atoms with Gasteiger partial charge >= 0.3 is 0 Å². The van der Waals surface area contributed by atoms with Gasteiger partial charge in [0.15, 0.2) is 19.7 Å². The van der Waals surface area contributed by atoms with E-state index >= 15 is 0 Å². The number of phenolic OH excluding ortho intramolecular Hbond substituents is 2. The van der Waals surface area contributed by atoms with Gasteiger partial charge in [-0.05, 0) is 79.2 Å². The standard InChI is InChI=1S/C17H15ClN2O3S.C16H13FN2O3S/c1-10-3-5-15(16(18)17(10)21)20-14-7-8-19-13-6-4-11(9-12(13)14)24(2,22)23;1-23(21,22)11-3-5-13-12(9-11)14(6-7-18-13)19-15-4-2-10(17)8-16(15)20/h3-9,21H,1-2H3,(H,19,20);2-9,20H,1H3,(H,18,19). The summed E-state index contributed by atoms with van der Waals surface area (Å²) in [7, 11) is -6.68. The van der Waals surface area contributed by atoms with Crippen molar-refractivity contribution in [3.63, 3.8) is 0 Å². The minimum atomic E-state index is -3.35. The molecule has 0 atom stereocenters. The first-order valence-electron chi connectivity index (χ1n) is 13.8. The normalized spacial score (nSPS) is 11.6. The first-order chi connectivity index (χ1) is 22.1. The zero-order valence-corrected chi connectivity index (χ0v) is 27.5. The quantitative estimate of drug-likeness (QED) is 0.131. The van der Waals surface area contributed by atoms with Crippen molar-refractivity contribution in [2.24, 2.45) is 0 Å². The van der Waals surface area contributed by atoms with Crippen molar-refractivity contribution < 1.29 is 31.4 Å². The Kier molecular flexibility index (Phi) is 9.25. The lowest BCUT2D eigenvalue weighted by Gasteiger charge is -2.13. The van der Waals surface area contributed by atoms with Gasteiger partial charge in [-0.2, -0.15) is 0 Å². The van der Waals surface area contributed by atoms with Gasteiger partial charge in [0.1, 0.15) is 22.3 Å². The number of halogens is 2. The largest absolute Gasteiger partial charge is 0.506 e. The van der Waals surface area contributed by atoms with Gasteiger partial charge < -0.3 is 20.8 Å². The number of nitrogens with one attached hydrogen (secondary N) is 2. The average Bonchev–Trinajstić information content (AvgIpc) is 3.02. The second kappa shape index (κ2) is 13.0. The molecule has 0 fully saturated rings.